The van der Waals surface area contributed by atoms with Crippen LogP contribution in [0.4, 0.5) is 0 Å². The van der Waals surface area contributed by atoms with E-state index in [2.05, 4.69) is 18.2 Å². The van der Waals surface area contributed by atoms with Crippen LogP contribution in [0.25, 0.3) is 16.3 Å². The molecule has 1 heterocycles. The Morgan fingerprint density at radius 2 is 1.68 bits per heavy atom. The van der Waals surface area contributed by atoms with Crippen LogP contribution in [-0.2, 0) is 0 Å². The van der Waals surface area contributed by atoms with Crippen molar-refractivity contribution in [2.45, 2.75) is 19.8 Å². The van der Waals surface area contributed by atoms with Gasteiger partial charge in [-0.25, -0.2) is 0 Å². The number of nitrogens with two attached hydrogens (primary N) is 1. The van der Waals surface area contributed by atoms with Gasteiger partial charge in [0.25, 0.3) is 0 Å². The Labute approximate surface area is 130 Å². The molecule has 1 aliphatic carbocycles. The van der Waals surface area contributed by atoms with Crippen molar-refractivity contribution in [3.63, 3.8) is 0 Å². The Morgan fingerprint density at radius 3 is 2.36 bits per heavy atom. The number of fused-ring (bicyclic) bond motifs is 1. The minimum absolute atomic E-state index is 0.712. The van der Waals surface area contributed by atoms with Crippen LogP contribution in [-0.4, -0.2) is 19.2 Å². The number of benzene rings is 1. The molecule has 2 aromatic rings. The fourth-order valence-electron chi connectivity index (χ4n) is 2.83. The van der Waals surface area contributed by atoms with E-state index in [9.17, 15) is 0 Å². The number of aromatic nitrogens is 1. The van der Waals surface area contributed by atoms with Crippen molar-refractivity contribution in [3.8, 4) is 11.5 Å². The van der Waals surface area contributed by atoms with Gasteiger partial charge in [0, 0.05) is 22.4 Å². The molecule has 0 spiro atoms. The van der Waals surface area contributed by atoms with Gasteiger partial charge in [0.2, 0.25) is 0 Å². The zero-order valence-corrected chi connectivity index (χ0v) is 13.1. The lowest BCUT2D eigenvalue weighted by Gasteiger charge is -2.15. The number of hydrogen-bond donors (Lipinski definition) is 1. The number of methoxy groups -OCH3 is 2. The molecular formula is C18H20N2O2. The molecule has 0 saturated heterocycles. The van der Waals surface area contributed by atoms with Crippen molar-refractivity contribution >= 4 is 16.3 Å². The van der Waals surface area contributed by atoms with E-state index in [1.54, 1.807) is 14.2 Å². The third-order valence-corrected chi connectivity index (χ3v) is 3.99. The zero-order valence-electron chi connectivity index (χ0n) is 13.1. The maximum Gasteiger partial charge on any atom is 0.161 e. The highest BCUT2D eigenvalue weighted by molar-refractivity contribution is 5.91. The van der Waals surface area contributed by atoms with E-state index in [-0.39, 0.29) is 0 Å². The van der Waals surface area contributed by atoms with Crippen molar-refractivity contribution in [1.82, 2.24) is 4.98 Å². The normalized spacial score (nSPS) is 14.5. The van der Waals surface area contributed by atoms with Gasteiger partial charge in [-0.05, 0) is 43.4 Å². The minimum Gasteiger partial charge on any atom is -0.493 e. The van der Waals surface area contributed by atoms with E-state index in [1.165, 1.54) is 0 Å². The third kappa shape index (κ3) is 2.41. The van der Waals surface area contributed by atoms with E-state index < -0.39 is 0 Å². The van der Waals surface area contributed by atoms with Gasteiger partial charge in [-0.15, -0.1) is 0 Å². The molecule has 1 aliphatic rings. The smallest absolute Gasteiger partial charge is 0.161 e. The molecule has 0 aliphatic heterocycles. The number of aryl methyl sites for hydroxylation is 1. The largest absolute Gasteiger partial charge is 0.493 e. The molecule has 1 aromatic heterocycles. The predicted octanol–water partition coefficient (Wildman–Crippen LogP) is 3.58. The first kappa shape index (κ1) is 14.4. The number of hydrogen-bond acceptors (Lipinski definition) is 4. The molecule has 0 atom stereocenters. The summed E-state index contributed by atoms with van der Waals surface area (Å²) in [7, 11) is 3.28. The van der Waals surface area contributed by atoms with E-state index in [0.29, 0.717) is 11.5 Å². The second kappa shape index (κ2) is 5.72. The lowest BCUT2D eigenvalue weighted by Crippen LogP contribution is -2.06. The summed E-state index contributed by atoms with van der Waals surface area (Å²) in [5.74, 6) is 1.43. The van der Waals surface area contributed by atoms with Gasteiger partial charge in [0.1, 0.15) is 0 Å². The number of ether oxygens (including phenoxy) is 2. The van der Waals surface area contributed by atoms with Gasteiger partial charge in [-0.3, -0.25) is 4.98 Å². The van der Waals surface area contributed by atoms with Gasteiger partial charge >= 0.3 is 0 Å². The van der Waals surface area contributed by atoms with Crippen LogP contribution in [0.3, 0.4) is 0 Å². The molecule has 2 N–H and O–H groups in total. The summed E-state index contributed by atoms with van der Waals surface area (Å²) < 4.78 is 10.8. The number of pyridine rings is 1. The van der Waals surface area contributed by atoms with Crippen molar-refractivity contribution in [2.24, 2.45) is 5.73 Å². The van der Waals surface area contributed by atoms with Crippen LogP contribution < -0.4 is 15.2 Å². The SMILES string of the molecule is COc1cc2cc(C3=CCCC=C3N)nc(C)c2cc1OC. The molecule has 4 heteroatoms. The second-order valence-corrected chi connectivity index (χ2v) is 5.38. The monoisotopic (exact) mass is 296 g/mol. The maximum absolute atomic E-state index is 6.11. The van der Waals surface area contributed by atoms with Crippen molar-refractivity contribution in [1.29, 1.82) is 0 Å². The lowest BCUT2D eigenvalue weighted by molar-refractivity contribution is 0.356. The molecule has 3 rings (SSSR count). The fraction of sp³-hybridized carbons (Fsp3) is 0.278. The standard InChI is InChI=1S/C18H20N2O2/c1-11-14-10-18(22-3)17(21-2)9-12(14)8-16(20-11)13-6-4-5-7-15(13)19/h6-10H,4-5,19H2,1-3H3. The molecule has 0 amide bonds. The molecule has 0 fully saturated rings. The van der Waals surface area contributed by atoms with Crippen LogP contribution >= 0.6 is 0 Å². The predicted molar refractivity (Wildman–Crippen MR) is 89.1 cm³/mol. The second-order valence-electron chi connectivity index (χ2n) is 5.38. The summed E-state index contributed by atoms with van der Waals surface area (Å²) in [5, 5.41) is 2.12. The highest BCUT2D eigenvalue weighted by Crippen LogP contribution is 2.35. The molecule has 4 nitrogen and oxygen atoms in total. The summed E-state index contributed by atoms with van der Waals surface area (Å²) in [6, 6.07) is 6.01. The lowest BCUT2D eigenvalue weighted by atomic mass is 9.98. The third-order valence-electron chi connectivity index (χ3n) is 3.99. The Kier molecular flexibility index (Phi) is 3.75. The van der Waals surface area contributed by atoms with Gasteiger partial charge in [0.15, 0.2) is 11.5 Å². The van der Waals surface area contributed by atoms with Crippen LogP contribution in [0.5, 0.6) is 11.5 Å². The van der Waals surface area contributed by atoms with Crippen LogP contribution in [0.15, 0.2) is 36.0 Å². The van der Waals surface area contributed by atoms with Crippen molar-refractivity contribution in [3.05, 3.63) is 47.4 Å². The van der Waals surface area contributed by atoms with Crippen LogP contribution in [0.1, 0.15) is 24.2 Å². The fourth-order valence-corrected chi connectivity index (χ4v) is 2.83. The van der Waals surface area contributed by atoms with E-state index in [0.717, 1.165) is 46.3 Å². The average molecular weight is 296 g/mol. The first-order chi connectivity index (χ1) is 10.6. The van der Waals surface area contributed by atoms with Gasteiger partial charge in [-0.1, -0.05) is 12.2 Å². The molecule has 0 unspecified atom stereocenters. The summed E-state index contributed by atoms with van der Waals surface area (Å²) in [5.41, 5.74) is 9.80. The molecule has 22 heavy (non-hydrogen) atoms. The summed E-state index contributed by atoms with van der Waals surface area (Å²) in [4.78, 5) is 4.72. The molecular weight excluding hydrogens is 276 g/mol. The summed E-state index contributed by atoms with van der Waals surface area (Å²) in [6.07, 6.45) is 6.21. The number of nitrogens with zero attached hydrogens (tertiary/aromatic N) is 1. The molecule has 0 radical (unpaired) electrons. The van der Waals surface area contributed by atoms with Gasteiger partial charge < -0.3 is 15.2 Å². The molecule has 0 bridgehead atoms. The molecule has 0 saturated carbocycles. The van der Waals surface area contributed by atoms with E-state index >= 15 is 0 Å². The summed E-state index contributed by atoms with van der Waals surface area (Å²) in [6.45, 7) is 2.00. The highest BCUT2D eigenvalue weighted by Gasteiger charge is 2.14. The molecule has 1 aromatic carbocycles. The Bertz CT molecular complexity index is 791. The van der Waals surface area contributed by atoms with Gasteiger partial charge in [-0.2, -0.15) is 0 Å². The zero-order chi connectivity index (χ0) is 15.7. The first-order valence-electron chi connectivity index (χ1n) is 7.34. The minimum atomic E-state index is 0.712. The Morgan fingerprint density at radius 1 is 1.00 bits per heavy atom. The van der Waals surface area contributed by atoms with Crippen LogP contribution in [0.2, 0.25) is 0 Å². The van der Waals surface area contributed by atoms with Crippen molar-refractivity contribution < 1.29 is 9.47 Å². The highest BCUT2D eigenvalue weighted by atomic mass is 16.5. The number of rotatable bonds is 3. The number of allylic oxidation sites excluding steroid dienone is 3. The summed E-state index contributed by atoms with van der Waals surface area (Å²) >= 11 is 0. The Hall–Kier alpha value is -2.49. The van der Waals surface area contributed by atoms with E-state index in [1.807, 2.05) is 19.1 Å². The Balaban J connectivity index is 2.20. The average Bonchev–Trinajstić information content (AvgIpc) is 2.54. The van der Waals surface area contributed by atoms with Crippen molar-refractivity contribution in [2.75, 3.05) is 14.2 Å². The maximum atomic E-state index is 6.11. The quantitative estimate of drug-likeness (QED) is 0.940. The topological polar surface area (TPSA) is 57.4 Å². The van der Waals surface area contributed by atoms with Crippen LogP contribution in [0, 0.1) is 6.92 Å². The van der Waals surface area contributed by atoms with E-state index in [4.69, 9.17) is 20.2 Å². The van der Waals surface area contributed by atoms with Gasteiger partial charge in [0.05, 0.1) is 19.9 Å². The molecule has 114 valence electrons. The first-order valence-corrected chi connectivity index (χ1v) is 7.34.